The van der Waals surface area contributed by atoms with Gasteiger partial charge in [-0.3, -0.25) is 0 Å². The molecule has 2 saturated heterocycles. The Balaban J connectivity index is 1.82. The summed E-state index contributed by atoms with van der Waals surface area (Å²) >= 11 is 0. The normalized spacial score (nSPS) is 36.3. The maximum absolute atomic E-state index is 13.1. The smallest absolute Gasteiger partial charge is 0.282 e. The van der Waals surface area contributed by atoms with Gasteiger partial charge in [-0.1, -0.05) is 19.3 Å². The Morgan fingerprint density at radius 3 is 2.57 bits per heavy atom. The molecule has 0 aromatic carbocycles. The van der Waals surface area contributed by atoms with Crippen LogP contribution in [0.4, 0.5) is 0 Å². The van der Waals surface area contributed by atoms with Crippen LogP contribution in [0.25, 0.3) is 0 Å². The van der Waals surface area contributed by atoms with E-state index in [2.05, 4.69) is 0 Å². The van der Waals surface area contributed by atoms with E-state index in [0.717, 1.165) is 44.9 Å². The first-order chi connectivity index (χ1) is 10.1. The van der Waals surface area contributed by atoms with Crippen molar-refractivity contribution >= 4 is 10.2 Å². The summed E-state index contributed by atoms with van der Waals surface area (Å²) < 4.78 is 35.1. The Labute approximate surface area is 127 Å². The Kier molecular flexibility index (Phi) is 4.85. The van der Waals surface area contributed by atoms with Gasteiger partial charge in [-0.15, -0.1) is 0 Å². The van der Waals surface area contributed by atoms with Crippen LogP contribution in [0.3, 0.4) is 0 Å². The molecular formula is C14H26N2O4S. The molecule has 2 aliphatic heterocycles. The Hall–Kier alpha value is -0.210. The second-order valence-electron chi connectivity index (χ2n) is 6.32. The van der Waals surface area contributed by atoms with Gasteiger partial charge in [0, 0.05) is 19.1 Å². The highest BCUT2D eigenvalue weighted by Gasteiger charge is 2.44. The average molecular weight is 318 g/mol. The van der Waals surface area contributed by atoms with E-state index in [9.17, 15) is 13.5 Å². The van der Waals surface area contributed by atoms with Gasteiger partial charge in [0.15, 0.2) is 0 Å². The molecule has 21 heavy (non-hydrogen) atoms. The number of aliphatic hydroxyl groups excluding tert-OH is 1. The van der Waals surface area contributed by atoms with Crippen LogP contribution in [0, 0.1) is 0 Å². The van der Waals surface area contributed by atoms with E-state index in [0.29, 0.717) is 19.7 Å². The Morgan fingerprint density at radius 1 is 1.00 bits per heavy atom. The SMILES string of the molecule is O=S(=O)(N1CCCCC1CO)N1CCOC2CCCCC21. The van der Waals surface area contributed by atoms with E-state index in [-0.39, 0.29) is 24.8 Å². The molecule has 1 saturated carbocycles. The van der Waals surface area contributed by atoms with Crippen molar-refractivity contribution in [3.8, 4) is 0 Å². The number of fused-ring (bicyclic) bond motifs is 1. The number of nitrogens with zero attached hydrogens (tertiary/aromatic N) is 2. The first kappa shape index (κ1) is 15.7. The summed E-state index contributed by atoms with van der Waals surface area (Å²) in [5.74, 6) is 0. The van der Waals surface area contributed by atoms with Crippen molar-refractivity contribution in [1.29, 1.82) is 0 Å². The maximum Gasteiger partial charge on any atom is 0.282 e. The molecule has 3 fully saturated rings. The summed E-state index contributed by atoms with van der Waals surface area (Å²) in [5, 5.41) is 9.51. The van der Waals surface area contributed by atoms with Crippen molar-refractivity contribution in [2.24, 2.45) is 0 Å². The van der Waals surface area contributed by atoms with Crippen LogP contribution in [-0.4, -0.2) is 66.6 Å². The molecule has 1 N–H and O–H groups in total. The molecule has 0 aromatic heterocycles. The van der Waals surface area contributed by atoms with Gasteiger partial charge < -0.3 is 9.84 Å². The molecule has 0 aromatic rings. The molecule has 3 unspecified atom stereocenters. The number of piperidine rings is 1. The highest BCUT2D eigenvalue weighted by molar-refractivity contribution is 7.86. The second kappa shape index (κ2) is 6.50. The second-order valence-corrected chi connectivity index (χ2v) is 8.16. The molecule has 2 heterocycles. The van der Waals surface area contributed by atoms with Gasteiger partial charge in [-0.2, -0.15) is 17.0 Å². The Morgan fingerprint density at radius 2 is 1.76 bits per heavy atom. The molecule has 0 spiro atoms. The molecule has 0 bridgehead atoms. The lowest BCUT2D eigenvalue weighted by Crippen LogP contribution is -2.60. The summed E-state index contributed by atoms with van der Waals surface area (Å²) in [6, 6.07) is -0.271. The molecule has 1 aliphatic carbocycles. The predicted octanol–water partition coefficient (Wildman–Crippen LogP) is 0.721. The minimum atomic E-state index is -3.49. The molecule has 0 radical (unpaired) electrons. The molecule has 3 atom stereocenters. The van der Waals surface area contributed by atoms with Crippen molar-refractivity contribution < 1.29 is 18.3 Å². The number of morpholine rings is 1. The van der Waals surface area contributed by atoms with E-state index in [1.807, 2.05) is 0 Å². The van der Waals surface area contributed by atoms with Gasteiger partial charge in [0.1, 0.15) is 0 Å². The fourth-order valence-corrected chi connectivity index (χ4v) is 6.01. The molecule has 7 heteroatoms. The van der Waals surface area contributed by atoms with Crippen LogP contribution >= 0.6 is 0 Å². The van der Waals surface area contributed by atoms with Crippen LogP contribution in [0.2, 0.25) is 0 Å². The molecule has 0 amide bonds. The van der Waals surface area contributed by atoms with Crippen molar-refractivity contribution in [2.45, 2.75) is 63.1 Å². The van der Waals surface area contributed by atoms with Crippen LogP contribution in [-0.2, 0) is 14.9 Å². The van der Waals surface area contributed by atoms with E-state index < -0.39 is 10.2 Å². The lowest BCUT2D eigenvalue weighted by molar-refractivity contribution is -0.0611. The summed E-state index contributed by atoms with van der Waals surface area (Å²) in [5.41, 5.74) is 0. The lowest BCUT2D eigenvalue weighted by Gasteiger charge is -2.46. The number of hydrogen-bond acceptors (Lipinski definition) is 4. The standard InChI is InChI=1S/C14H26N2O4S/c17-11-12-5-3-4-8-15(12)21(18,19)16-9-10-20-14-7-2-1-6-13(14)16/h12-14,17H,1-11H2. The minimum Gasteiger partial charge on any atom is -0.395 e. The molecule has 3 rings (SSSR count). The zero-order chi connectivity index (χ0) is 14.9. The highest BCUT2D eigenvalue weighted by atomic mass is 32.2. The number of hydrogen-bond donors (Lipinski definition) is 1. The molecule has 3 aliphatic rings. The maximum atomic E-state index is 13.1. The summed E-state index contributed by atoms with van der Waals surface area (Å²) in [7, 11) is -3.49. The van der Waals surface area contributed by atoms with E-state index in [1.165, 1.54) is 4.31 Å². The highest BCUT2D eigenvalue weighted by Crippen LogP contribution is 2.32. The van der Waals surface area contributed by atoms with Gasteiger partial charge in [0.05, 0.1) is 25.4 Å². The van der Waals surface area contributed by atoms with Crippen LogP contribution in [0.1, 0.15) is 44.9 Å². The van der Waals surface area contributed by atoms with Crippen LogP contribution < -0.4 is 0 Å². The zero-order valence-corrected chi connectivity index (χ0v) is 13.3. The fraction of sp³-hybridized carbons (Fsp3) is 1.00. The third kappa shape index (κ3) is 2.99. The monoisotopic (exact) mass is 318 g/mol. The third-order valence-electron chi connectivity index (χ3n) is 5.06. The van der Waals surface area contributed by atoms with Crippen molar-refractivity contribution in [2.75, 3.05) is 26.3 Å². The number of ether oxygens (including phenoxy) is 1. The molecule has 6 nitrogen and oxygen atoms in total. The van der Waals surface area contributed by atoms with Crippen LogP contribution in [0.5, 0.6) is 0 Å². The third-order valence-corrected chi connectivity index (χ3v) is 7.18. The number of rotatable bonds is 3. The van der Waals surface area contributed by atoms with E-state index in [4.69, 9.17) is 4.74 Å². The van der Waals surface area contributed by atoms with Crippen molar-refractivity contribution in [3.63, 3.8) is 0 Å². The van der Waals surface area contributed by atoms with E-state index >= 15 is 0 Å². The largest absolute Gasteiger partial charge is 0.395 e. The van der Waals surface area contributed by atoms with Gasteiger partial charge in [0.25, 0.3) is 10.2 Å². The minimum absolute atomic E-state index is 0.0150. The first-order valence-corrected chi connectivity index (χ1v) is 9.55. The zero-order valence-electron chi connectivity index (χ0n) is 12.5. The topological polar surface area (TPSA) is 70.1 Å². The first-order valence-electron chi connectivity index (χ1n) is 8.15. The van der Waals surface area contributed by atoms with Gasteiger partial charge in [-0.25, -0.2) is 0 Å². The lowest BCUT2D eigenvalue weighted by atomic mass is 9.91. The fourth-order valence-electron chi connectivity index (χ4n) is 3.94. The van der Waals surface area contributed by atoms with E-state index in [1.54, 1.807) is 4.31 Å². The number of aliphatic hydroxyl groups is 1. The average Bonchev–Trinajstić information content (AvgIpc) is 2.54. The van der Waals surface area contributed by atoms with Crippen molar-refractivity contribution in [3.05, 3.63) is 0 Å². The van der Waals surface area contributed by atoms with Crippen LogP contribution in [0.15, 0.2) is 0 Å². The Bertz CT molecular complexity index is 454. The van der Waals surface area contributed by atoms with Crippen molar-refractivity contribution in [1.82, 2.24) is 8.61 Å². The molecule has 122 valence electrons. The summed E-state index contributed by atoms with van der Waals surface area (Å²) in [4.78, 5) is 0. The van der Waals surface area contributed by atoms with Gasteiger partial charge in [-0.05, 0) is 25.7 Å². The van der Waals surface area contributed by atoms with Gasteiger partial charge >= 0.3 is 0 Å². The summed E-state index contributed by atoms with van der Waals surface area (Å²) in [6.07, 6.45) is 6.73. The molecular weight excluding hydrogens is 292 g/mol. The summed E-state index contributed by atoms with van der Waals surface area (Å²) in [6.45, 7) is 1.37. The predicted molar refractivity (Wildman–Crippen MR) is 79.1 cm³/mol. The quantitative estimate of drug-likeness (QED) is 0.832. The van der Waals surface area contributed by atoms with Gasteiger partial charge in [0.2, 0.25) is 0 Å².